The van der Waals surface area contributed by atoms with Crippen molar-refractivity contribution in [2.45, 2.75) is 38.6 Å². The zero-order valence-electron chi connectivity index (χ0n) is 15.6. The average Bonchev–Trinajstić information content (AvgIpc) is 3.28. The van der Waals surface area contributed by atoms with Gasteiger partial charge in [0.15, 0.2) is 0 Å². The summed E-state index contributed by atoms with van der Waals surface area (Å²) in [5, 5.41) is 2.82. The van der Waals surface area contributed by atoms with Gasteiger partial charge in [0.2, 0.25) is 0 Å². The number of anilines is 1. The number of carbonyl (C=O) groups is 2. The lowest BCUT2D eigenvalue weighted by atomic mass is 10.0. The number of amides is 3. The number of rotatable bonds is 3. The Bertz CT molecular complexity index is 831. The van der Waals surface area contributed by atoms with Gasteiger partial charge < -0.3 is 14.6 Å². The number of nitrogens with one attached hydrogen (secondary N) is 1. The summed E-state index contributed by atoms with van der Waals surface area (Å²) >= 11 is 0. The van der Waals surface area contributed by atoms with E-state index < -0.39 is 0 Å². The largest absolute Gasteiger partial charge is 0.467 e. The monoisotopic (exact) mass is 367 g/mol. The first-order valence-corrected chi connectivity index (χ1v) is 9.65. The second kappa shape index (κ2) is 7.47. The van der Waals surface area contributed by atoms with Crippen LogP contribution in [0.2, 0.25) is 0 Å². The molecule has 0 aliphatic carbocycles. The van der Waals surface area contributed by atoms with Crippen molar-refractivity contribution < 1.29 is 14.0 Å². The Balaban J connectivity index is 1.65. The fraction of sp³-hybridized carbons (Fsp3) is 0.429. The summed E-state index contributed by atoms with van der Waals surface area (Å²) in [7, 11) is 0. The third kappa shape index (κ3) is 3.44. The molecule has 0 radical (unpaired) electrons. The molecule has 6 heteroatoms. The van der Waals surface area contributed by atoms with Crippen LogP contribution < -0.4 is 10.2 Å². The predicted molar refractivity (Wildman–Crippen MR) is 103 cm³/mol. The molecule has 27 heavy (non-hydrogen) atoms. The number of urea groups is 1. The molecule has 2 saturated heterocycles. The highest BCUT2D eigenvalue weighted by Crippen LogP contribution is 2.32. The van der Waals surface area contributed by atoms with Gasteiger partial charge in [0, 0.05) is 30.9 Å². The Morgan fingerprint density at radius 1 is 1.19 bits per heavy atom. The molecule has 1 aromatic carbocycles. The number of hydrogen-bond acceptors (Lipinski definition) is 3. The molecule has 4 rings (SSSR count). The lowest BCUT2D eigenvalue weighted by Crippen LogP contribution is -2.35. The molecule has 142 valence electrons. The summed E-state index contributed by atoms with van der Waals surface area (Å²) in [5.41, 5.74) is 2.41. The van der Waals surface area contributed by atoms with Gasteiger partial charge in [-0.15, -0.1) is 0 Å². The van der Waals surface area contributed by atoms with Crippen molar-refractivity contribution in [2.24, 2.45) is 0 Å². The normalized spacial score (nSPS) is 20.5. The maximum Gasteiger partial charge on any atom is 0.322 e. The van der Waals surface area contributed by atoms with Gasteiger partial charge in [-0.3, -0.25) is 9.69 Å². The molecule has 2 aliphatic rings. The molecule has 0 spiro atoms. The van der Waals surface area contributed by atoms with E-state index in [9.17, 15) is 9.59 Å². The smallest absolute Gasteiger partial charge is 0.322 e. The van der Waals surface area contributed by atoms with Gasteiger partial charge in [-0.1, -0.05) is 18.9 Å². The van der Waals surface area contributed by atoms with Crippen LogP contribution in [0.3, 0.4) is 0 Å². The van der Waals surface area contributed by atoms with Crippen LogP contribution in [0.25, 0.3) is 0 Å². The highest BCUT2D eigenvalue weighted by molar-refractivity contribution is 5.99. The number of carbonyl (C=O) groups excluding carboxylic acids is 2. The summed E-state index contributed by atoms with van der Waals surface area (Å²) in [4.78, 5) is 29.1. The number of benzene rings is 1. The molecule has 2 fully saturated rings. The summed E-state index contributed by atoms with van der Waals surface area (Å²) in [6, 6.07) is 9.32. The molecule has 1 N–H and O–H groups in total. The number of hydrogen-bond donors (Lipinski definition) is 1. The highest BCUT2D eigenvalue weighted by Gasteiger charge is 2.30. The van der Waals surface area contributed by atoms with Crippen molar-refractivity contribution in [3.8, 4) is 0 Å². The molecule has 3 amide bonds. The molecular weight excluding hydrogens is 342 g/mol. The molecule has 2 aliphatic heterocycles. The lowest BCUT2D eigenvalue weighted by molar-refractivity contribution is 0.0658. The third-order valence-corrected chi connectivity index (χ3v) is 5.49. The van der Waals surface area contributed by atoms with Crippen molar-refractivity contribution in [1.29, 1.82) is 0 Å². The van der Waals surface area contributed by atoms with Crippen molar-refractivity contribution in [1.82, 2.24) is 10.2 Å². The van der Waals surface area contributed by atoms with E-state index >= 15 is 0 Å². The zero-order chi connectivity index (χ0) is 18.8. The first-order valence-electron chi connectivity index (χ1n) is 9.65. The molecule has 1 aromatic heterocycles. The Labute approximate surface area is 159 Å². The summed E-state index contributed by atoms with van der Waals surface area (Å²) < 4.78 is 5.63. The van der Waals surface area contributed by atoms with E-state index in [1.807, 2.05) is 42.2 Å². The maximum atomic E-state index is 13.4. The summed E-state index contributed by atoms with van der Waals surface area (Å²) in [6.07, 6.45) is 5.78. The van der Waals surface area contributed by atoms with Gasteiger partial charge in [-0.25, -0.2) is 4.79 Å². The van der Waals surface area contributed by atoms with Gasteiger partial charge in [0.05, 0.1) is 12.3 Å². The summed E-state index contributed by atoms with van der Waals surface area (Å²) in [6.45, 7) is 3.93. The fourth-order valence-electron chi connectivity index (χ4n) is 4.03. The van der Waals surface area contributed by atoms with Crippen LogP contribution in [-0.2, 0) is 0 Å². The molecule has 0 saturated carbocycles. The summed E-state index contributed by atoms with van der Waals surface area (Å²) in [5.74, 6) is 0.843. The Hall–Kier alpha value is -2.76. The molecule has 2 aromatic rings. The van der Waals surface area contributed by atoms with Crippen molar-refractivity contribution in [3.05, 3.63) is 53.5 Å². The van der Waals surface area contributed by atoms with Gasteiger partial charge in [0.1, 0.15) is 5.76 Å². The molecule has 3 heterocycles. The van der Waals surface area contributed by atoms with Crippen molar-refractivity contribution in [2.75, 3.05) is 24.5 Å². The third-order valence-electron chi connectivity index (χ3n) is 5.49. The maximum absolute atomic E-state index is 13.4. The Morgan fingerprint density at radius 2 is 2.07 bits per heavy atom. The zero-order valence-corrected chi connectivity index (χ0v) is 15.6. The average molecular weight is 367 g/mol. The van der Waals surface area contributed by atoms with Gasteiger partial charge in [-0.2, -0.15) is 0 Å². The molecule has 6 nitrogen and oxygen atoms in total. The van der Waals surface area contributed by atoms with Gasteiger partial charge in [0.25, 0.3) is 5.91 Å². The Kier molecular flexibility index (Phi) is 4.88. The number of likely N-dealkylation sites (tertiary alicyclic amines) is 1. The van der Waals surface area contributed by atoms with E-state index in [0.717, 1.165) is 49.2 Å². The number of nitrogens with zero attached hydrogens (tertiary/aromatic N) is 2. The van der Waals surface area contributed by atoms with Gasteiger partial charge >= 0.3 is 6.03 Å². The minimum absolute atomic E-state index is 0.000782. The SMILES string of the molecule is Cc1ccc(C(=O)N2CCCCC[C@H]2c2ccco2)cc1N1CCNC1=O. The first-order chi connectivity index (χ1) is 13.1. The number of furan rings is 1. The first kappa shape index (κ1) is 17.6. The van der Waals surface area contributed by atoms with E-state index in [-0.39, 0.29) is 18.0 Å². The van der Waals surface area contributed by atoms with Crippen molar-refractivity contribution >= 4 is 17.6 Å². The van der Waals surface area contributed by atoms with Crippen LogP contribution in [-0.4, -0.2) is 36.5 Å². The predicted octanol–water partition coefficient (Wildman–Crippen LogP) is 3.88. The lowest BCUT2D eigenvalue weighted by Gasteiger charge is -2.29. The van der Waals surface area contributed by atoms with Crippen LogP contribution in [0.1, 0.15) is 53.4 Å². The molecule has 0 unspecified atom stereocenters. The minimum Gasteiger partial charge on any atom is -0.467 e. The van der Waals surface area contributed by atoms with E-state index in [4.69, 9.17) is 4.42 Å². The molecule has 0 bridgehead atoms. The van der Waals surface area contributed by atoms with Crippen molar-refractivity contribution in [3.63, 3.8) is 0 Å². The minimum atomic E-state index is -0.106. The highest BCUT2D eigenvalue weighted by atomic mass is 16.3. The van der Waals surface area contributed by atoms with E-state index in [1.54, 1.807) is 11.2 Å². The van der Waals surface area contributed by atoms with Crippen LogP contribution in [0.15, 0.2) is 41.0 Å². The second-order valence-electron chi connectivity index (χ2n) is 7.26. The Morgan fingerprint density at radius 3 is 2.81 bits per heavy atom. The van der Waals surface area contributed by atoms with Gasteiger partial charge in [-0.05, 0) is 49.6 Å². The number of aryl methyl sites for hydroxylation is 1. The standard InChI is InChI=1S/C21H25N3O3/c1-15-8-9-16(14-18(15)24-12-10-22-21(24)26)20(25)23-11-4-2-3-6-17(23)19-7-5-13-27-19/h5,7-9,13-14,17H,2-4,6,10-12H2,1H3,(H,22,26)/t17-/m0/s1. The topological polar surface area (TPSA) is 65.8 Å². The van der Waals surface area contributed by atoms with E-state index in [1.165, 1.54) is 0 Å². The van der Waals surface area contributed by atoms with Crippen LogP contribution in [0.5, 0.6) is 0 Å². The van der Waals surface area contributed by atoms with Crippen LogP contribution >= 0.6 is 0 Å². The molecular formula is C21H25N3O3. The van der Waals surface area contributed by atoms with Crippen LogP contribution in [0.4, 0.5) is 10.5 Å². The van der Waals surface area contributed by atoms with E-state index in [0.29, 0.717) is 18.7 Å². The fourth-order valence-corrected chi connectivity index (χ4v) is 4.03. The van der Waals surface area contributed by atoms with Crippen LogP contribution in [0, 0.1) is 6.92 Å². The second-order valence-corrected chi connectivity index (χ2v) is 7.26. The molecule has 1 atom stereocenters. The quantitative estimate of drug-likeness (QED) is 0.895. The van der Waals surface area contributed by atoms with E-state index in [2.05, 4.69) is 5.32 Å².